The third-order valence-electron chi connectivity index (χ3n) is 5.34. The van der Waals surface area contributed by atoms with Gasteiger partial charge in [-0.2, -0.15) is 0 Å². The predicted molar refractivity (Wildman–Crippen MR) is 121 cm³/mol. The largest absolute Gasteiger partial charge is 0.340 e. The van der Waals surface area contributed by atoms with Crippen molar-refractivity contribution in [3.05, 3.63) is 59.1 Å². The fraction of sp³-hybridized carbons (Fsp3) is 0.348. The molecule has 6 nitrogen and oxygen atoms in total. The molecule has 1 aromatic heterocycles. The zero-order valence-corrected chi connectivity index (χ0v) is 18.0. The molecule has 30 heavy (non-hydrogen) atoms. The van der Waals surface area contributed by atoms with Gasteiger partial charge in [-0.15, -0.1) is 11.3 Å². The van der Waals surface area contributed by atoms with E-state index >= 15 is 0 Å². The molecule has 3 aromatic rings. The number of carbonyl (C=O) groups is 2. The minimum Gasteiger partial charge on any atom is -0.340 e. The maximum atomic E-state index is 12.4. The number of benzene rings is 2. The quantitative estimate of drug-likeness (QED) is 0.660. The van der Waals surface area contributed by atoms with Gasteiger partial charge in [0.15, 0.2) is 0 Å². The Hall–Kier alpha value is -2.77. The number of thiazole rings is 1. The van der Waals surface area contributed by atoms with Crippen molar-refractivity contribution in [2.45, 2.75) is 26.3 Å². The molecular weight excluding hydrogens is 396 g/mol. The van der Waals surface area contributed by atoms with E-state index in [1.54, 1.807) is 18.3 Å². The minimum atomic E-state index is 0.00137. The Balaban J connectivity index is 1.28. The Morgan fingerprint density at radius 3 is 2.63 bits per heavy atom. The Morgan fingerprint density at radius 1 is 1.07 bits per heavy atom. The number of fused-ring (bicyclic) bond motifs is 1. The van der Waals surface area contributed by atoms with E-state index in [0.29, 0.717) is 12.8 Å². The zero-order valence-electron chi connectivity index (χ0n) is 17.1. The second kappa shape index (κ2) is 9.36. The number of amides is 2. The van der Waals surface area contributed by atoms with Gasteiger partial charge in [0.05, 0.1) is 15.2 Å². The van der Waals surface area contributed by atoms with E-state index in [9.17, 15) is 9.59 Å². The van der Waals surface area contributed by atoms with E-state index in [1.807, 2.05) is 41.3 Å². The molecule has 0 spiro atoms. The molecule has 0 aliphatic carbocycles. The number of piperazine rings is 1. The molecule has 0 bridgehead atoms. The van der Waals surface area contributed by atoms with Crippen LogP contribution in [0.3, 0.4) is 0 Å². The third kappa shape index (κ3) is 5.23. The fourth-order valence-corrected chi connectivity index (χ4v) is 4.66. The first kappa shape index (κ1) is 20.5. The molecule has 1 N–H and O–H groups in total. The van der Waals surface area contributed by atoms with Crippen LogP contribution in [-0.4, -0.2) is 52.8 Å². The van der Waals surface area contributed by atoms with Gasteiger partial charge in [-0.1, -0.05) is 24.3 Å². The summed E-state index contributed by atoms with van der Waals surface area (Å²) in [6.07, 6.45) is 1.06. The van der Waals surface area contributed by atoms with Crippen molar-refractivity contribution in [3.63, 3.8) is 0 Å². The van der Waals surface area contributed by atoms with Crippen LogP contribution < -0.4 is 5.32 Å². The molecule has 1 aliphatic rings. The van der Waals surface area contributed by atoms with Gasteiger partial charge >= 0.3 is 0 Å². The lowest BCUT2D eigenvalue weighted by molar-refractivity contribution is -0.130. The van der Waals surface area contributed by atoms with Crippen molar-refractivity contribution in [1.29, 1.82) is 0 Å². The molecule has 156 valence electrons. The smallest absolute Gasteiger partial charge is 0.224 e. The molecule has 1 aliphatic heterocycles. The monoisotopic (exact) mass is 422 g/mol. The summed E-state index contributed by atoms with van der Waals surface area (Å²) in [6, 6.07) is 16.1. The molecule has 2 amide bonds. The van der Waals surface area contributed by atoms with Crippen LogP contribution in [0, 0.1) is 0 Å². The van der Waals surface area contributed by atoms with Crippen molar-refractivity contribution in [3.8, 4) is 0 Å². The van der Waals surface area contributed by atoms with Crippen molar-refractivity contribution < 1.29 is 9.59 Å². The van der Waals surface area contributed by atoms with Crippen molar-refractivity contribution in [1.82, 2.24) is 14.8 Å². The van der Waals surface area contributed by atoms with E-state index in [1.165, 1.54) is 0 Å². The van der Waals surface area contributed by atoms with Crippen LogP contribution in [0.1, 0.15) is 23.9 Å². The number of aryl methyl sites for hydroxylation is 1. The molecule has 1 saturated heterocycles. The molecule has 2 heterocycles. The van der Waals surface area contributed by atoms with Crippen LogP contribution in [0.25, 0.3) is 10.2 Å². The van der Waals surface area contributed by atoms with Gasteiger partial charge in [0, 0.05) is 58.2 Å². The number of hydrogen-bond acceptors (Lipinski definition) is 5. The normalized spacial score (nSPS) is 14.8. The lowest BCUT2D eigenvalue weighted by Gasteiger charge is -2.34. The van der Waals surface area contributed by atoms with Gasteiger partial charge in [-0.05, 0) is 29.8 Å². The first-order chi connectivity index (χ1) is 14.6. The van der Waals surface area contributed by atoms with Gasteiger partial charge in [0.1, 0.15) is 0 Å². The van der Waals surface area contributed by atoms with Gasteiger partial charge in [0.25, 0.3) is 0 Å². The second-order valence-electron chi connectivity index (χ2n) is 7.61. The Labute approximate surface area is 180 Å². The average Bonchev–Trinajstić information content (AvgIpc) is 3.16. The second-order valence-corrected chi connectivity index (χ2v) is 8.72. The lowest BCUT2D eigenvalue weighted by Crippen LogP contribution is -2.47. The number of rotatable bonds is 6. The predicted octanol–water partition coefficient (Wildman–Crippen LogP) is 3.53. The average molecular weight is 423 g/mol. The molecule has 0 unspecified atom stereocenters. The standard InChI is InChI=1S/C23H26N4O2S/c1-17(28)27-13-11-26(12-14-27)16-18-5-4-6-19(15-18)24-22(29)9-10-23-25-20-7-2-3-8-21(20)30-23/h2-8,15H,9-14,16H2,1H3,(H,24,29). The van der Waals surface area contributed by atoms with Gasteiger partial charge in [-0.3, -0.25) is 14.5 Å². The molecular formula is C23H26N4O2S. The van der Waals surface area contributed by atoms with Gasteiger partial charge < -0.3 is 10.2 Å². The number of para-hydroxylation sites is 1. The highest BCUT2D eigenvalue weighted by Crippen LogP contribution is 2.22. The Kier molecular flexibility index (Phi) is 6.40. The van der Waals surface area contributed by atoms with Crippen molar-refractivity contribution >= 4 is 39.1 Å². The molecule has 4 rings (SSSR count). The first-order valence-corrected chi connectivity index (χ1v) is 11.1. The maximum Gasteiger partial charge on any atom is 0.224 e. The minimum absolute atomic E-state index is 0.00137. The summed E-state index contributed by atoms with van der Waals surface area (Å²) in [4.78, 5) is 32.7. The summed E-state index contributed by atoms with van der Waals surface area (Å²) in [5, 5.41) is 4.00. The molecule has 1 fully saturated rings. The summed E-state index contributed by atoms with van der Waals surface area (Å²) >= 11 is 1.65. The fourth-order valence-electron chi connectivity index (χ4n) is 3.70. The van der Waals surface area contributed by atoms with Gasteiger partial charge in [-0.25, -0.2) is 4.98 Å². The van der Waals surface area contributed by atoms with Crippen LogP contribution in [-0.2, 0) is 22.6 Å². The highest BCUT2D eigenvalue weighted by Gasteiger charge is 2.18. The number of anilines is 1. The van der Waals surface area contributed by atoms with Crippen LogP contribution in [0.4, 0.5) is 5.69 Å². The van der Waals surface area contributed by atoms with Crippen molar-refractivity contribution in [2.24, 2.45) is 0 Å². The number of carbonyl (C=O) groups excluding carboxylic acids is 2. The van der Waals surface area contributed by atoms with Gasteiger partial charge in [0.2, 0.25) is 11.8 Å². The molecule has 0 radical (unpaired) electrons. The summed E-state index contributed by atoms with van der Waals surface area (Å²) in [5.41, 5.74) is 2.98. The first-order valence-electron chi connectivity index (χ1n) is 10.3. The number of nitrogens with zero attached hydrogens (tertiary/aromatic N) is 3. The number of nitrogens with one attached hydrogen (secondary N) is 1. The van der Waals surface area contributed by atoms with E-state index < -0.39 is 0 Å². The SMILES string of the molecule is CC(=O)N1CCN(Cc2cccc(NC(=O)CCc3nc4ccccc4s3)c2)CC1. The van der Waals surface area contributed by atoms with Crippen LogP contribution in [0.2, 0.25) is 0 Å². The van der Waals surface area contributed by atoms with Crippen LogP contribution in [0.15, 0.2) is 48.5 Å². The summed E-state index contributed by atoms with van der Waals surface area (Å²) in [6.45, 7) is 5.74. The maximum absolute atomic E-state index is 12.4. The third-order valence-corrected chi connectivity index (χ3v) is 6.43. The molecule has 0 atom stereocenters. The Morgan fingerprint density at radius 2 is 1.87 bits per heavy atom. The molecule has 0 saturated carbocycles. The summed E-state index contributed by atoms with van der Waals surface area (Å²) in [5.74, 6) is 0.145. The number of aromatic nitrogens is 1. The number of hydrogen-bond donors (Lipinski definition) is 1. The van der Waals surface area contributed by atoms with E-state index in [0.717, 1.165) is 59.2 Å². The highest BCUT2D eigenvalue weighted by atomic mass is 32.1. The van der Waals surface area contributed by atoms with Crippen molar-refractivity contribution in [2.75, 3.05) is 31.5 Å². The molecule has 7 heteroatoms. The summed E-state index contributed by atoms with van der Waals surface area (Å²) in [7, 11) is 0. The van der Waals surface area contributed by atoms with E-state index in [4.69, 9.17) is 0 Å². The zero-order chi connectivity index (χ0) is 20.9. The topological polar surface area (TPSA) is 65.5 Å². The summed E-state index contributed by atoms with van der Waals surface area (Å²) < 4.78 is 1.16. The molecule has 2 aromatic carbocycles. The lowest BCUT2D eigenvalue weighted by atomic mass is 10.1. The van der Waals surface area contributed by atoms with Crippen LogP contribution in [0.5, 0.6) is 0 Å². The van der Waals surface area contributed by atoms with E-state index in [2.05, 4.69) is 27.3 Å². The van der Waals surface area contributed by atoms with Crippen LogP contribution >= 0.6 is 11.3 Å². The van der Waals surface area contributed by atoms with E-state index in [-0.39, 0.29) is 11.8 Å². The highest BCUT2D eigenvalue weighted by molar-refractivity contribution is 7.18. The Bertz CT molecular complexity index is 1010.